The van der Waals surface area contributed by atoms with E-state index in [4.69, 9.17) is 0 Å². The predicted octanol–water partition coefficient (Wildman–Crippen LogP) is 11.6. The third-order valence-electron chi connectivity index (χ3n) is 10.8. The van der Waals surface area contributed by atoms with Crippen molar-refractivity contribution in [3.05, 3.63) is 168 Å². The van der Waals surface area contributed by atoms with E-state index in [2.05, 4.69) is 187 Å². The molecule has 0 spiro atoms. The van der Waals surface area contributed by atoms with E-state index >= 15 is 0 Å². The summed E-state index contributed by atoms with van der Waals surface area (Å²) in [5.74, 6) is 0.0165. The maximum atomic E-state index is 13.6. The summed E-state index contributed by atoms with van der Waals surface area (Å²) in [7, 11) is 8.45. The summed E-state index contributed by atoms with van der Waals surface area (Å²) < 4.78 is 0. The highest BCUT2D eigenvalue weighted by atomic mass is 35.5. The second kappa shape index (κ2) is 15.2. The number of hydrogen-bond acceptors (Lipinski definition) is 3. The molecule has 0 aliphatic carbocycles. The smallest absolute Gasteiger partial charge is 0.193 e. The van der Waals surface area contributed by atoms with E-state index in [-0.39, 0.29) is 29.3 Å². The Morgan fingerprint density at radius 1 is 0.392 bits per heavy atom. The first kappa shape index (κ1) is 37.5. The van der Waals surface area contributed by atoms with Crippen LogP contribution < -0.4 is 0 Å². The van der Waals surface area contributed by atoms with E-state index in [0.29, 0.717) is 11.1 Å². The fraction of sp³-hybridized carbons (Fsp3) is 0.213. The first-order valence-corrected chi connectivity index (χ1v) is 17.4. The summed E-state index contributed by atoms with van der Waals surface area (Å²) in [5, 5.41) is 0. The molecule has 0 radical (unpaired) electrons. The summed E-state index contributed by atoms with van der Waals surface area (Å²) in [6, 6.07) is 50.7. The van der Waals surface area contributed by atoms with Crippen LogP contribution in [-0.4, -0.2) is 43.8 Å². The van der Waals surface area contributed by atoms with Crippen molar-refractivity contribution < 1.29 is 4.79 Å². The largest absolute Gasteiger partial charge is 0.300 e. The molecule has 4 heteroatoms. The van der Waals surface area contributed by atoms with Crippen LogP contribution in [0.1, 0.15) is 54.7 Å². The minimum atomic E-state index is -0.0538. The van der Waals surface area contributed by atoms with Crippen molar-refractivity contribution in [2.45, 2.75) is 38.8 Å². The molecule has 0 heterocycles. The molecule has 0 aliphatic rings. The first-order chi connectivity index (χ1) is 23.9. The number of hydrogen-bond donors (Lipinski definition) is 0. The molecule has 0 unspecified atom stereocenters. The minimum Gasteiger partial charge on any atom is -0.300 e. The summed E-state index contributed by atoms with van der Waals surface area (Å²) in [6.07, 6.45) is 0. The second-order valence-corrected chi connectivity index (χ2v) is 14.6. The molecule has 0 N–H and O–H groups in total. The Morgan fingerprint density at radius 2 is 0.627 bits per heavy atom. The Labute approximate surface area is 311 Å². The molecule has 6 aromatic rings. The van der Waals surface area contributed by atoms with Gasteiger partial charge in [0.25, 0.3) is 0 Å². The highest BCUT2D eigenvalue weighted by Gasteiger charge is 2.24. The van der Waals surface area contributed by atoms with Crippen LogP contribution in [0.15, 0.2) is 146 Å². The Hall–Kier alpha value is -4.80. The molecule has 6 rings (SSSR count). The van der Waals surface area contributed by atoms with Crippen LogP contribution in [0.5, 0.6) is 0 Å². The number of ketones is 1. The van der Waals surface area contributed by atoms with Gasteiger partial charge in [-0.1, -0.05) is 146 Å². The molecule has 0 bridgehead atoms. The van der Waals surface area contributed by atoms with Gasteiger partial charge in [-0.2, -0.15) is 0 Å². The zero-order valence-electron chi connectivity index (χ0n) is 31.1. The van der Waals surface area contributed by atoms with E-state index < -0.39 is 0 Å². The average Bonchev–Trinajstić information content (AvgIpc) is 3.14. The van der Waals surface area contributed by atoms with Gasteiger partial charge in [-0.15, -0.1) is 12.4 Å². The molecule has 0 amide bonds. The molecular weight excluding hydrogens is 644 g/mol. The van der Waals surface area contributed by atoms with Gasteiger partial charge in [-0.25, -0.2) is 0 Å². The van der Waals surface area contributed by atoms with Crippen LogP contribution >= 0.6 is 12.4 Å². The summed E-state index contributed by atoms with van der Waals surface area (Å²) in [5.41, 5.74) is 12.9. The molecule has 0 aromatic heterocycles. The zero-order chi connectivity index (χ0) is 35.6. The molecule has 0 saturated carbocycles. The number of rotatable bonds is 10. The van der Waals surface area contributed by atoms with Crippen molar-refractivity contribution in [2.75, 3.05) is 28.2 Å². The molecule has 260 valence electrons. The number of nitrogens with zero attached hydrogens (tertiary/aromatic N) is 2. The number of benzene rings is 6. The lowest BCUT2D eigenvalue weighted by Crippen LogP contribution is -2.35. The van der Waals surface area contributed by atoms with Crippen molar-refractivity contribution in [1.82, 2.24) is 9.80 Å². The number of carbonyl (C=O) groups excluding carboxylic acids is 1. The van der Waals surface area contributed by atoms with Crippen LogP contribution in [-0.2, 0) is 11.1 Å². The second-order valence-electron chi connectivity index (χ2n) is 14.6. The Kier molecular flexibility index (Phi) is 11.2. The van der Waals surface area contributed by atoms with Gasteiger partial charge in [0.2, 0.25) is 0 Å². The van der Waals surface area contributed by atoms with Crippen LogP contribution in [0.2, 0.25) is 0 Å². The summed E-state index contributed by atoms with van der Waals surface area (Å²) >= 11 is 0. The van der Waals surface area contributed by atoms with Crippen LogP contribution in [0.3, 0.4) is 0 Å². The molecule has 0 fully saturated rings. The molecule has 0 aliphatic heterocycles. The number of carbonyl (C=O) groups is 1. The van der Waals surface area contributed by atoms with Gasteiger partial charge < -0.3 is 9.80 Å². The van der Waals surface area contributed by atoms with Crippen molar-refractivity contribution in [1.29, 1.82) is 0 Å². The predicted molar refractivity (Wildman–Crippen MR) is 219 cm³/mol. The summed E-state index contributed by atoms with van der Waals surface area (Å²) in [6.45, 7) is 8.95. The monoisotopic (exact) mass is 692 g/mol. The minimum absolute atomic E-state index is 0. The molecule has 6 aromatic carbocycles. The Bertz CT molecular complexity index is 1940. The molecular formula is C47H49ClN2O. The lowest BCUT2D eigenvalue weighted by molar-refractivity contribution is 0.103. The highest BCUT2D eigenvalue weighted by Crippen LogP contribution is 2.36. The molecule has 51 heavy (non-hydrogen) atoms. The van der Waals surface area contributed by atoms with Crippen LogP contribution in [0.4, 0.5) is 0 Å². The maximum absolute atomic E-state index is 13.6. The van der Waals surface area contributed by atoms with Gasteiger partial charge in [0.1, 0.15) is 0 Å². The Balaban J connectivity index is 0.00000504. The van der Waals surface area contributed by atoms with Crippen LogP contribution in [0, 0.1) is 0 Å². The van der Waals surface area contributed by atoms with E-state index in [0.717, 1.165) is 22.3 Å². The third kappa shape index (κ3) is 7.62. The van der Waals surface area contributed by atoms with E-state index in [1.165, 1.54) is 33.4 Å². The lowest BCUT2D eigenvalue weighted by atomic mass is 9.89. The normalized spacial score (nSPS) is 11.8. The number of halogens is 1. The van der Waals surface area contributed by atoms with Gasteiger partial charge in [0, 0.05) is 22.2 Å². The van der Waals surface area contributed by atoms with Gasteiger partial charge in [-0.3, -0.25) is 4.79 Å². The van der Waals surface area contributed by atoms with Crippen molar-refractivity contribution in [3.63, 3.8) is 0 Å². The van der Waals surface area contributed by atoms with Gasteiger partial charge in [-0.05, 0) is 112 Å². The fourth-order valence-corrected chi connectivity index (χ4v) is 6.37. The SMILES string of the molecule is CN(C)C(C)(C)c1ccc(-c2ccccc2-c2ccc(C(=O)c3ccc(-c4ccccc4-c4ccc(C(C)(C)N(C)C)cc4)cc3)cc2)cc1.Cl. The van der Waals surface area contributed by atoms with Crippen molar-refractivity contribution in [3.8, 4) is 44.5 Å². The van der Waals surface area contributed by atoms with Crippen LogP contribution in [0.25, 0.3) is 44.5 Å². The molecule has 3 nitrogen and oxygen atoms in total. The zero-order valence-corrected chi connectivity index (χ0v) is 31.9. The van der Waals surface area contributed by atoms with E-state index in [9.17, 15) is 4.79 Å². The highest BCUT2D eigenvalue weighted by molar-refractivity contribution is 6.09. The standard InChI is InChI=1S/C47H48N2O.ClH/c1-46(2,48(5)6)39-29-25-35(26-30-39)43-15-11-9-13-41(43)33-17-21-37(22-18-33)45(50)38-23-19-34(20-24-38)42-14-10-12-16-44(42)36-27-31-40(32-28-36)47(3,4)49(7)8;/h9-32H,1-8H3;1H. The van der Waals surface area contributed by atoms with E-state index in [1.54, 1.807) is 0 Å². The Morgan fingerprint density at radius 3 is 0.863 bits per heavy atom. The van der Waals surface area contributed by atoms with E-state index in [1.807, 2.05) is 24.3 Å². The third-order valence-corrected chi connectivity index (χ3v) is 10.8. The van der Waals surface area contributed by atoms with Gasteiger partial charge >= 0.3 is 0 Å². The quantitative estimate of drug-likeness (QED) is 0.134. The average molecular weight is 693 g/mol. The lowest BCUT2D eigenvalue weighted by Gasteiger charge is -2.33. The van der Waals surface area contributed by atoms with Gasteiger partial charge in [0.15, 0.2) is 5.78 Å². The fourth-order valence-electron chi connectivity index (χ4n) is 6.37. The summed E-state index contributed by atoms with van der Waals surface area (Å²) in [4.78, 5) is 18.1. The topological polar surface area (TPSA) is 23.6 Å². The first-order valence-electron chi connectivity index (χ1n) is 17.4. The molecule has 0 atom stereocenters. The van der Waals surface area contributed by atoms with Crippen molar-refractivity contribution in [2.24, 2.45) is 0 Å². The maximum Gasteiger partial charge on any atom is 0.193 e. The molecule has 0 saturated heterocycles. The van der Waals surface area contributed by atoms with Gasteiger partial charge in [0.05, 0.1) is 0 Å². The van der Waals surface area contributed by atoms with Crippen molar-refractivity contribution >= 4 is 18.2 Å².